The van der Waals surface area contributed by atoms with Crippen molar-refractivity contribution in [3.63, 3.8) is 0 Å². The first-order valence-electron chi connectivity index (χ1n) is 12.6. The van der Waals surface area contributed by atoms with Gasteiger partial charge in [0.15, 0.2) is 23.1 Å². The minimum Gasteiger partial charge on any atom is -0.489 e. The minimum atomic E-state index is -3.12. The lowest BCUT2D eigenvalue weighted by atomic mass is 10.0. The van der Waals surface area contributed by atoms with Crippen LogP contribution in [0.1, 0.15) is 40.4 Å². The summed E-state index contributed by atoms with van der Waals surface area (Å²) in [6.07, 6.45) is 3.22. The van der Waals surface area contributed by atoms with Crippen molar-refractivity contribution in [3.05, 3.63) is 81.1 Å². The third kappa shape index (κ3) is 6.44. The molecule has 42 heavy (non-hydrogen) atoms. The molecule has 2 aromatic carbocycles. The zero-order chi connectivity index (χ0) is 30.1. The molecule has 1 fully saturated rings. The number of aromatic nitrogens is 1. The number of ketones is 1. The molecule has 14 heteroatoms. The molecular weight excluding hydrogens is 607 g/mol. The van der Waals surface area contributed by atoms with Crippen molar-refractivity contribution < 1.29 is 46.2 Å². The molecule has 1 aromatic heterocycles. The minimum absolute atomic E-state index is 0.0144. The Hall–Kier alpha value is -3.90. The monoisotopic (exact) mass is 626 g/mol. The second kappa shape index (κ2) is 12.1. The predicted octanol–water partition coefficient (Wildman–Crippen LogP) is 6.11. The molecule has 1 amide bonds. The van der Waals surface area contributed by atoms with Crippen LogP contribution in [0.3, 0.4) is 0 Å². The molecule has 0 radical (unpaired) electrons. The van der Waals surface area contributed by atoms with Crippen molar-refractivity contribution in [3.8, 4) is 11.5 Å². The number of anilines is 1. The molecule has 0 spiro atoms. The van der Waals surface area contributed by atoms with Gasteiger partial charge in [-0.25, -0.2) is 8.78 Å². The van der Waals surface area contributed by atoms with Crippen molar-refractivity contribution in [2.45, 2.75) is 32.0 Å². The lowest BCUT2D eigenvalue weighted by molar-refractivity contribution is -0.148. The molecule has 5 rings (SSSR count). The summed E-state index contributed by atoms with van der Waals surface area (Å²) < 4.78 is 69.7. The number of ether oxygens (including phenoxy) is 3. The van der Waals surface area contributed by atoms with Gasteiger partial charge in [-0.15, -0.1) is 0 Å². The Bertz CT molecular complexity index is 1550. The van der Waals surface area contributed by atoms with E-state index >= 15 is 0 Å². The Labute approximate surface area is 246 Å². The lowest BCUT2D eigenvalue weighted by Crippen LogP contribution is -2.36. The smallest absolute Gasteiger partial charge is 0.387 e. The summed E-state index contributed by atoms with van der Waals surface area (Å²) in [4.78, 5) is 42.6. The molecule has 2 aliphatic rings. The van der Waals surface area contributed by atoms with Gasteiger partial charge in [-0.2, -0.15) is 8.78 Å². The van der Waals surface area contributed by atoms with E-state index in [4.69, 9.17) is 32.7 Å². The van der Waals surface area contributed by atoms with E-state index in [0.29, 0.717) is 22.6 Å². The van der Waals surface area contributed by atoms with Crippen LogP contribution in [-0.2, 0) is 20.7 Å². The number of halogens is 6. The summed E-state index contributed by atoms with van der Waals surface area (Å²) in [5.41, 5.74) is -0.0700. The van der Waals surface area contributed by atoms with Crippen LogP contribution in [0.4, 0.5) is 23.2 Å². The van der Waals surface area contributed by atoms with Crippen LogP contribution >= 0.6 is 23.2 Å². The van der Waals surface area contributed by atoms with E-state index in [0.717, 1.165) is 12.8 Å². The third-order valence-electron chi connectivity index (χ3n) is 6.64. The number of carbonyl (C=O) groups is 3. The number of Topliss-reactive ketones (excluding diaryl/α,β-unsaturated/α-hetero) is 1. The van der Waals surface area contributed by atoms with E-state index in [1.807, 2.05) is 0 Å². The average Bonchev–Trinajstić information content (AvgIpc) is 3.74. The maximum Gasteiger partial charge on any atom is 0.387 e. The molecule has 0 N–H and O–H groups in total. The van der Waals surface area contributed by atoms with E-state index in [-0.39, 0.29) is 51.7 Å². The average molecular weight is 627 g/mol. The van der Waals surface area contributed by atoms with Crippen LogP contribution in [-0.4, -0.2) is 42.4 Å². The van der Waals surface area contributed by atoms with Gasteiger partial charge in [-0.1, -0.05) is 29.3 Å². The zero-order valence-corrected chi connectivity index (χ0v) is 22.9. The highest BCUT2D eigenvalue weighted by Crippen LogP contribution is 2.38. The van der Waals surface area contributed by atoms with Crippen molar-refractivity contribution in [2.24, 2.45) is 5.92 Å². The summed E-state index contributed by atoms with van der Waals surface area (Å²) in [6.45, 7) is -3.68. The molecule has 2 heterocycles. The quantitative estimate of drug-likeness (QED) is 0.144. The van der Waals surface area contributed by atoms with Crippen LogP contribution in [0.5, 0.6) is 11.5 Å². The van der Waals surface area contributed by atoms with Gasteiger partial charge in [0, 0.05) is 24.9 Å². The Morgan fingerprint density at radius 1 is 1.02 bits per heavy atom. The fraction of sp³-hybridized carbons (Fsp3) is 0.286. The van der Waals surface area contributed by atoms with Crippen LogP contribution in [0.2, 0.25) is 10.0 Å². The number of hydrogen-bond donors (Lipinski definition) is 0. The van der Waals surface area contributed by atoms with Gasteiger partial charge in [0.05, 0.1) is 27.9 Å². The number of fused-ring (bicyclic) bond motifs is 1. The molecule has 1 saturated carbocycles. The van der Waals surface area contributed by atoms with Gasteiger partial charge in [0.2, 0.25) is 0 Å². The molecule has 8 nitrogen and oxygen atoms in total. The maximum absolute atomic E-state index is 13.9. The Morgan fingerprint density at radius 2 is 1.71 bits per heavy atom. The van der Waals surface area contributed by atoms with Crippen LogP contribution in [0.25, 0.3) is 0 Å². The summed E-state index contributed by atoms with van der Waals surface area (Å²) in [7, 11) is 0. The number of esters is 1. The van der Waals surface area contributed by atoms with Gasteiger partial charge in [0.25, 0.3) is 11.7 Å². The highest BCUT2D eigenvalue weighted by Gasteiger charge is 2.39. The van der Waals surface area contributed by atoms with Crippen molar-refractivity contribution >= 4 is 46.5 Å². The molecule has 3 aromatic rings. The first-order chi connectivity index (χ1) is 20.0. The number of benzene rings is 2. The van der Waals surface area contributed by atoms with E-state index < -0.39 is 54.1 Å². The molecule has 1 atom stereocenters. The Balaban J connectivity index is 1.45. The number of amides is 1. The van der Waals surface area contributed by atoms with E-state index in [9.17, 15) is 31.9 Å². The number of hydrogen-bond acceptors (Lipinski definition) is 7. The van der Waals surface area contributed by atoms with E-state index in [1.165, 1.54) is 30.6 Å². The van der Waals surface area contributed by atoms with E-state index in [1.54, 1.807) is 0 Å². The van der Waals surface area contributed by atoms with Gasteiger partial charge < -0.3 is 14.2 Å². The predicted molar refractivity (Wildman–Crippen MR) is 141 cm³/mol. The van der Waals surface area contributed by atoms with Gasteiger partial charge in [-0.3, -0.25) is 24.3 Å². The first kappa shape index (κ1) is 29.6. The van der Waals surface area contributed by atoms with Gasteiger partial charge in [-0.05, 0) is 48.1 Å². The zero-order valence-electron chi connectivity index (χ0n) is 21.4. The van der Waals surface area contributed by atoms with Gasteiger partial charge >= 0.3 is 12.6 Å². The molecule has 0 unspecified atom stereocenters. The van der Waals surface area contributed by atoms with Crippen molar-refractivity contribution in [1.82, 2.24) is 4.98 Å². The van der Waals surface area contributed by atoms with E-state index in [2.05, 4.69) is 9.72 Å². The summed E-state index contributed by atoms with van der Waals surface area (Å²) >= 11 is 12.6. The number of pyridine rings is 1. The van der Waals surface area contributed by atoms with Crippen molar-refractivity contribution in [2.75, 3.05) is 18.1 Å². The first-order valence-corrected chi connectivity index (χ1v) is 13.3. The summed E-state index contributed by atoms with van der Waals surface area (Å²) in [5.74, 6) is -5.94. The fourth-order valence-electron chi connectivity index (χ4n) is 4.34. The molecule has 220 valence electrons. The van der Waals surface area contributed by atoms with Crippen molar-refractivity contribution in [1.29, 1.82) is 0 Å². The Kier molecular flexibility index (Phi) is 8.55. The number of alkyl halides is 2. The largest absolute Gasteiger partial charge is 0.489 e. The second-order valence-corrected chi connectivity index (χ2v) is 10.4. The SMILES string of the molecule is O=C(CN1C(=O)C(=O)c2cc(F)c(F)cc21)O[C@@H](Cc1c(Cl)cncc1Cl)c1ccc(OC(F)F)c(OCC2CC2)c1. The van der Waals surface area contributed by atoms with Gasteiger partial charge in [0.1, 0.15) is 12.6 Å². The van der Waals surface area contributed by atoms with Crippen LogP contribution in [0, 0.1) is 17.6 Å². The second-order valence-electron chi connectivity index (χ2n) is 9.61. The lowest BCUT2D eigenvalue weighted by Gasteiger charge is -2.23. The van der Waals surface area contributed by atoms with Crippen LogP contribution < -0.4 is 14.4 Å². The number of nitrogens with zero attached hydrogens (tertiary/aromatic N) is 2. The standard InChI is InChI=1S/C28H20Cl2F4N2O6/c29-17-9-35-10-18(30)15(17)7-23(14-3-4-22(42-28(33)34)24(5-14)40-12-13-1-2-13)41-25(37)11-36-21-8-20(32)19(31)6-16(21)26(38)27(36)39/h3-6,8-10,13,23,28H,1-2,7,11-12H2/t23-/m0/s1. The fourth-order valence-corrected chi connectivity index (χ4v) is 4.86. The number of rotatable bonds is 11. The summed E-state index contributed by atoms with van der Waals surface area (Å²) in [6, 6.07) is 5.20. The molecule has 0 bridgehead atoms. The Morgan fingerprint density at radius 3 is 2.38 bits per heavy atom. The number of carbonyl (C=O) groups excluding carboxylic acids is 3. The summed E-state index contributed by atoms with van der Waals surface area (Å²) in [5, 5.41) is 0.302. The highest BCUT2D eigenvalue weighted by molar-refractivity contribution is 6.52. The molecular formula is C28H20Cl2F4N2O6. The van der Waals surface area contributed by atoms with Crippen LogP contribution in [0.15, 0.2) is 42.7 Å². The highest BCUT2D eigenvalue weighted by atomic mass is 35.5. The maximum atomic E-state index is 13.9. The normalized spacial score (nSPS) is 15.2. The third-order valence-corrected chi connectivity index (χ3v) is 7.29. The molecule has 1 aliphatic heterocycles. The molecule has 0 saturated heterocycles. The molecule has 1 aliphatic carbocycles. The topological polar surface area (TPSA) is 95.0 Å².